The van der Waals surface area contributed by atoms with E-state index in [4.69, 9.17) is 4.98 Å². The summed E-state index contributed by atoms with van der Waals surface area (Å²) in [5.41, 5.74) is 3.14. The molecule has 2 aromatic carbocycles. The molecule has 2 aromatic heterocycles. The van der Waals surface area contributed by atoms with Gasteiger partial charge in [-0.25, -0.2) is 9.97 Å². The van der Waals surface area contributed by atoms with Crippen LogP contribution in [0.2, 0.25) is 0 Å². The highest BCUT2D eigenvalue weighted by atomic mass is 79.9. The minimum Gasteiger partial charge on any atom is -0.302 e. The number of benzene rings is 2. The van der Waals surface area contributed by atoms with Crippen LogP contribution in [-0.4, -0.2) is 38.4 Å². The number of fused-ring (bicyclic) bond motifs is 1. The largest absolute Gasteiger partial charge is 0.302 e. The number of amides is 1. The summed E-state index contributed by atoms with van der Waals surface area (Å²) in [6, 6.07) is 16.5. The van der Waals surface area contributed by atoms with Crippen molar-refractivity contribution in [1.82, 2.24) is 19.4 Å². The lowest BCUT2D eigenvalue weighted by Gasteiger charge is -2.31. The molecule has 1 atom stereocenters. The molecule has 1 saturated heterocycles. The third-order valence-corrected chi connectivity index (χ3v) is 6.78. The maximum atomic E-state index is 12.7. The van der Waals surface area contributed by atoms with Crippen molar-refractivity contribution in [2.24, 2.45) is 5.92 Å². The summed E-state index contributed by atoms with van der Waals surface area (Å²) in [6.07, 6.45) is 3.60. The first-order valence-corrected chi connectivity index (χ1v) is 12.0. The molecule has 3 heterocycles. The molecule has 158 valence electrons. The van der Waals surface area contributed by atoms with Gasteiger partial charge in [-0.15, -0.1) is 11.3 Å². The molecule has 0 aliphatic carbocycles. The van der Waals surface area contributed by atoms with E-state index in [1.165, 1.54) is 11.3 Å². The number of thiazole rings is 1. The second-order valence-corrected chi connectivity index (χ2v) is 9.54. The standard InChI is InChI=1S/C23H22BrN5OS/c24-17-6-3-7-18(13-17)29-20-9-2-1-8-19(20)26-21(29)15-28-11-4-5-16(14-28)22(30)27-23-25-10-12-31-23/h1-3,6-10,12-13,16H,4-5,11,14-15H2,(H,25,27,30)/t16-/m1/s1. The summed E-state index contributed by atoms with van der Waals surface area (Å²) in [5, 5.41) is 5.49. The second kappa shape index (κ2) is 8.90. The summed E-state index contributed by atoms with van der Waals surface area (Å²) in [4.78, 5) is 24.2. The molecule has 6 nitrogen and oxygen atoms in total. The number of piperidine rings is 1. The molecule has 5 rings (SSSR count). The van der Waals surface area contributed by atoms with Gasteiger partial charge in [0, 0.05) is 28.3 Å². The molecule has 0 spiro atoms. The van der Waals surface area contributed by atoms with E-state index < -0.39 is 0 Å². The Balaban J connectivity index is 1.40. The van der Waals surface area contributed by atoms with Gasteiger partial charge in [0.2, 0.25) is 5.91 Å². The average Bonchev–Trinajstić information content (AvgIpc) is 3.41. The van der Waals surface area contributed by atoms with Crippen LogP contribution in [-0.2, 0) is 11.3 Å². The molecule has 8 heteroatoms. The fourth-order valence-electron chi connectivity index (χ4n) is 4.19. The minimum absolute atomic E-state index is 0.0404. The number of likely N-dealkylation sites (tertiary alicyclic amines) is 1. The molecular weight excluding hydrogens is 474 g/mol. The monoisotopic (exact) mass is 495 g/mol. The predicted molar refractivity (Wildman–Crippen MR) is 128 cm³/mol. The van der Waals surface area contributed by atoms with Crippen molar-refractivity contribution in [2.75, 3.05) is 18.4 Å². The van der Waals surface area contributed by atoms with E-state index in [0.29, 0.717) is 11.7 Å². The number of anilines is 1. The molecule has 0 bridgehead atoms. The number of aromatic nitrogens is 3. The van der Waals surface area contributed by atoms with E-state index >= 15 is 0 Å². The van der Waals surface area contributed by atoms with Crippen LogP contribution in [0.4, 0.5) is 5.13 Å². The molecule has 31 heavy (non-hydrogen) atoms. The van der Waals surface area contributed by atoms with E-state index in [-0.39, 0.29) is 11.8 Å². The Hall–Kier alpha value is -2.55. The predicted octanol–water partition coefficient (Wildman–Crippen LogP) is 5.10. The van der Waals surface area contributed by atoms with Crippen molar-refractivity contribution >= 4 is 49.3 Å². The number of carbonyl (C=O) groups is 1. The molecule has 1 aliphatic heterocycles. The highest BCUT2D eigenvalue weighted by molar-refractivity contribution is 9.10. The van der Waals surface area contributed by atoms with Gasteiger partial charge in [-0.05, 0) is 49.7 Å². The summed E-state index contributed by atoms with van der Waals surface area (Å²) < 4.78 is 3.25. The first-order chi connectivity index (χ1) is 15.2. The summed E-state index contributed by atoms with van der Waals surface area (Å²) in [6.45, 7) is 2.38. The van der Waals surface area contributed by atoms with Crippen LogP contribution in [0.1, 0.15) is 18.7 Å². The van der Waals surface area contributed by atoms with Crippen molar-refractivity contribution in [3.05, 3.63) is 70.4 Å². The summed E-state index contributed by atoms with van der Waals surface area (Å²) >= 11 is 5.04. The Morgan fingerprint density at radius 2 is 2.13 bits per heavy atom. The van der Waals surface area contributed by atoms with Crippen LogP contribution in [0.25, 0.3) is 16.7 Å². The normalized spacial score (nSPS) is 17.1. The maximum absolute atomic E-state index is 12.7. The van der Waals surface area contributed by atoms with E-state index in [9.17, 15) is 4.79 Å². The maximum Gasteiger partial charge on any atom is 0.230 e. The molecule has 4 aromatic rings. The minimum atomic E-state index is -0.0404. The smallest absolute Gasteiger partial charge is 0.230 e. The van der Waals surface area contributed by atoms with E-state index in [1.54, 1.807) is 6.20 Å². The highest BCUT2D eigenvalue weighted by Gasteiger charge is 2.27. The van der Waals surface area contributed by atoms with Crippen LogP contribution in [0.3, 0.4) is 0 Å². The topological polar surface area (TPSA) is 63.1 Å². The first-order valence-electron chi connectivity index (χ1n) is 10.3. The Morgan fingerprint density at radius 1 is 1.23 bits per heavy atom. The van der Waals surface area contributed by atoms with Gasteiger partial charge in [-0.3, -0.25) is 14.3 Å². The lowest BCUT2D eigenvalue weighted by molar-refractivity contribution is -0.121. The van der Waals surface area contributed by atoms with Gasteiger partial charge >= 0.3 is 0 Å². The number of hydrogen-bond acceptors (Lipinski definition) is 5. The molecule has 1 fully saturated rings. The van der Waals surface area contributed by atoms with Gasteiger partial charge in [0.15, 0.2) is 5.13 Å². The van der Waals surface area contributed by atoms with Crippen molar-refractivity contribution in [3.8, 4) is 5.69 Å². The number of para-hydroxylation sites is 2. The third-order valence-electron chi connectivity index (χ3n) is 5.60. The van der Waals surface area contributed by atoms with Gasteiger partial charge in [0.1, 0.15) is 5.82 Å². The Bertz CT molecular complexity index is 1210. The molecule has 1 amide bonds. The Kier molecular flexibility index (Phi) is 5.85. The number of carbonyl (C=O) groups excluding carboxylic acids is 1. The van der Waals surface area contributed by atoms with E-state index in [2.05, 4.69) is 53.9 Å². The van der Waals surface area contributed by atoms with Crippen molar-refractivity contribution < 1.29 is 4.79 Å². The SMILES string of the molecule is O=C(Nc1nccs1)[C@@H]1CCCN(Cc2nc3ccccc3n2-c2cccc(Br)c2)C1. The first kappa shape index (κ1) is 20.4. The lowest BCUT2D eigenvalue weighted by atomic mass is 9.97. The van der Waals surface area contributed by atoms with E-state index in [0.717, 1.165) is 52.9 Å². The van der Waals surface area contributed by atoms with Crippen LogP contribution in [0.5, 0.6) is 0 Å². The van der Waals surface area contributed by atoms with Crippen LogP contribution >= 0.6 is 27.3 Å². The molecule has 1 N–H and O–H groups in total. The molecule has 0 radical (unpaired) electrons. The lowest BCUT2D eigenvalue weighted by Crippen LogP contribution is -2.40. The quantitative estimate of drug-likeness (QED) is 0.418. The van der Waals surface area contributed by atoms with Gasteiger partial charge in [0.05, 0.1) is 23.5 Å². The van der Waals surface area contributed by atoms with Gasteiger partial charge in [0.25, 0.3) is 0 Å². The number of imidazole rings is 1. The fraction of sp³-hybridized carbons (Fsp3) is 0.261. The average molecular weight is 496 g/mol. The molecule has 1 aliphatic rings. The number of nitrogens with zero attached hydrogens (tertiary/aromatic N) is 4. The number of hydrogen-bond donors (Lipinski definition) is 1. The second-order valence-electron chi connectivity index (χ2n) is 7.73. The van der Waals surface area contributed by atoms with Crippen LogP contribution in [0.15, 0.2) is 64.6 Å². The van der Waals surface area contributed by atoms with Gasteiger partial charge in [-0.1, -0.05) is 34.1 Å². The van der Waals surface area contributed by atoms with Gasteiger partial charge < -0.3 is 5.32 Å². The zero-order valence-electron chi connectivity index (χ0n) is 16.9. The third kappa shape index (κ3) is 4.42. The van der Waals surface area contributed by atoms with Crippen LogP contribution < -0.4 is 5.32 Å². The summed E-state index contributed by atoms with van der Waals surface area (Å²) in [5.74, 6) is 1.00. The molecule has 0 unspecified atom stereocenters. The van der Waals surface area contributed by atoms with E-state index in [1.807, 2.05) is 35.7 Å². The zero-order valence-corrected chi connectivity index (χ0v) is 19.3. The number of nitrogens with one attached hydrogen (secondary N) is 1. The highest BCUT2D eigenvalue weighted by Crippen LogP contribution is 2.26. The Morgan fingerprint density at radius 3 is 2.97 bits per heavy atom. The molecule has 0 saturated carbocycles. The van der Waals surface area contributed by atoms with Crippen LogP contribution in [0, 0.1) is 5.92 Å². The zero-order chi connectivity index (χ0) is 21.2. The summed E-state index contributed by atoms with van der Waals surface area (Å²) in [7, 11) is 0. The Labute approximate surface area is 193 Å². The number of rotatable bonds is 5. The van der Waals surface area contributed by atoms with Crippen molar-refractivity contribution in [3.63, 3.8) is 0 Å². The molecular formula is C23H22BrN5OS. The van der Waals surface area contributed by atoms with Crippen molar-refractivity contribution in [2.45, 2.75) is 19.4 Å². The van der Waals surface area contributed by atoms with Crippen molar-refractivity contribution in [1.29, 1.82) is 0 Å². The fourth-order valence-corrected chi connectivity index (χ4v) is 5.11. The van der Waals surface area contributed by atoms with Gasteiger partial charge in [-0.2, -0.15) is 0 Å². The number of halogens is 1.